The summed E-state index contributed by atoms with van der Waals surface area (Å²) in [5.41, 5.74) is -0.651. The van der Waals surface area contributed by atoms with Crippen LogP contribution in [0.3, 0.4) is 0 Å². The smallest absolute Gasteiger partial charge is 0.316 e. The highest BCUT2D eigenvalue weighted by atomic mass is 19.4. The third kappa shape index (κ3) is 2.21. The number of nitrogens with zero attached hydrogens (tertiary/aromatic N) is 2. The molecule has 0 atom stereocenters. The van der Waals surface area contributed by atoms with Gasteiger partial charge in [-0.3, -0.25) is 4.68 Å². The lowest BCUT2D eigenvalue weighted by Gasteiger charge is -2.04. The van der Waals surface area contributed by atoms with Crippen molar-refractivity contribution in [3.8, 4) is 0 Å². The molecule has 0 spiro atoms. The molecule has 1 rings (SSSR count). The van der Waals surface area contributed by atoms with Gasteiger partial charge in [0.05, 0.1) is 0 Å². The van der Waals surface area contributed by atoms with Crippen LogP contribution >= 0.6 is 0 Å². The van der Waals surface area contributed by atoms with Gasteiger partial charge in [-0.25, -0.2) is 0 Å². The Morgan fingerprint density at radius 1 is 1.54 bits per heavy atom. The van der Waals surface area contributed by atoms with Crippen molar-refractivity contribution in [3.05, 3.63) is 17.5 Å². The topological polar surface area (TPSA) is 29.9 Å². The largest absolute Gasteiger partial charge is 0.435 e. The van der Waals surface area contributed by atoms with E-state index in [9.17, 15) is 13.2 Å². The number of rotatable bonds is 2. The summed E-state index contributed by atoms with van der Waals surface area (Å²) in [7, 11) is 3.06. The van der Waals surface area contributed by atoms with Crippen LogP contribution in [0, 0.1) is 0 Å². The zero-order valence-electron chi connectivity index (χ0n) is 7.31. The quantitative estimate of drug-likeness (QED) is 0.763. The van der Waals surface area contributed by atoms with E-state index in [4.69, 9.17) is 0 Å². The van der Waals surface area contributed by atoms with Gasteiger partial charge in [0.25, 0.3) is 0 Å². The predicted molar refractivity (Wildman–Crippen MR) is 41.0 cm³/mol. The minimum Gasteiger partial charge on any atom is -0.316 e. The van der Waals surface area contributed by atoms with Crippen LogP contribution in [-0.4, -0.2) is 16.8 Å². The molecule has 0 unspecified atom stereocenters. The number of halogens is 3. The van der Waals surface area contributed by atoms with E-state index in [0.29, 0.717) is 0 Å². The van der Waals surface area contributed by atoms with Gasteiger partial charge >= 0.3 is 6.18 Å². The van der Waals surface area contributed by atoms with Crippen LogP contribution < -0.4 is 5.32 Å². The van der Waals surface area contributed by atoms with Gasteiger partial charge in [0.2, 0.25) is 0 Å². The van der Waals surface area contributed by atoms with Crippen molar-refractivity contribution < 1.29 is 13.2 Å². The van der Waals surface area contributed by atoms with Gasteiger partial charge < -0.3 is 5.32 Å². The standard InChI is InChI=1S/C7H10F3N3/c1-11-3-5-4-13(2)12-6(5)7(8,9)10/h4,11H,3H2,1-2H3. The first-order valence-corrected chi connectivity index (χ1v) is 3.69. The molecule has 0 aromatic carbocycles. The molecule has 0 amide bonds. The summed E-state index contributed by atoms with van der Waals surface area (Å²) in [4.78, 5) is 0. The highest BCUT2D eigenvalue weighted by Gasteiger charge is 2.36. The van der Waals surface area contributed by atoms with Gasteiger partial charge in [-0.2, -0.15) is 18.3 Å². The summed E-state index contributed by atoms with van der Waals surface area (Å²) in [6, 6.07) is 0. The molecule has 1 aromatic heterocycles. The van der Waals surface area contributed by atoms with Gasteiger partial charge in [0, 0.05) is 25.4 Å². The molecule has 0 aliphatic heterocycles. The number of aromatic nitrogens is 2. The maximum absolute atomic E-state index is 12.3. The number of alkyl halides is 3. The van der Waals surface area contributed by atoms with Gasteiger partial charge in [-0.05, 0) is 7.05 Å². The van der Waals surface area contributed by atoms with Crippen molar-refractivity contribution in [2.75, 3.05) is 7.05 Å². The molecule has 1 heterocycles. The average Bonchev–Trinajstić information content (AvgIpc) is 2.30. The maximum atomic E-state index is 12.3. The van der Waals surface area contributed by atoms with Crippen molar-refractivity contribution in [3.63, 3.8) is 0 Å². The van der Waals surface area contributed by atoms with E-state index in [2.05, 4.69) is 10.4 Å². The van der Waals surface area contributed by atoms with Gasteiger partial charge in [0.1, 0.15) is 0 Å². The molecule has 3 nitrogen and oxygen atoms in total. The molecule has 0 saturated heterocycles. The minimum absolute atomic E-state index is 0.164. The molecule has 0 aliphatic rings. The third-order valence-corrected chi connectivity index (χ3v) is 1.54. The van der Waals surface area contributed by atoms with Crippen molar-refractivity contribution >= 4 is 0 Å². The monoisotopic (exact) mass is 193 g/mol. The summed E-state index contributed by atoms with van der Waals surface area (Å²) in [6.07, 6.45) is -3.01. The number of hydrogen-bond donors (Lipinski definition) is 1. The van der Waals surface area contributed by atoms with Crippen LogP contribution in [0.5, 0.6) is 0 Å². The van der Waals surface area contributed by atoms with Crippen LogP contribution in [0.2, 0.25) is 0 Å². The van der Waals surface area contributed by atoms with E-state index in [1.165, 1.54) is 13.2 Å². The van der Waals surface area contributed by atoms with Gasteiger partial charge in [-0.15, -0.1) is 0 Å². The van der Waals surface area contributed by atoms with Crippen LogP contribution in [0.25, 0.3) is 0 Å². The Morgan fingerprint density at radius 3 is 2.62 bits per heavy atom. The van der Waals surface area contributed by atoms with E-state index < -0.39 is 11.9 Å². The van der Waals surface area contributed by atoms with E-state index in [1.807, 2.05) is 0 Å². The van der Waals surface area contributed by atoms with E-state index in [1.54, 1.807) is 7.05 Å². The highest BCUT2D eigenvalue weighted by molar-refractivity contribution is 5.19. The van der Waals surface area contributed by atoms with Crippen LogP contribution in [0.15, 0.2) is 6.20 Å². The zero-order valence-corrected chi connectivity index (χ0v) is 7.31. The second-order valence-electron chi connectivity index (χ2n) is 2.70. The van der Waals surface area contributed by atoms with Crippen LogP contribution in [0.4, 0.5) is 13.2 Å². The fourth-order valence-electron chi connectivity index (χ4n) is 1.10. The minimum atomic E-state index is -4.37. The second-order valence-corrected chi connectivity index (χ2v) is 2.70. The van der Waals surface area contributed by atoms with Gasteiger partial charge in [-0.1, -0.05) is 0 Å². The van der Waals surface area contributed by atoms with Crippen molar-refractivity contribution in [2.24, 2.45) is 7.05 Å². The Kier molecular flexibility index (Phi) is 2.60. The number of aryl methyl sites for hydroxylation is 1. The summed E-state index contributed by atoms with van der Waals surface area (Å²) >= 11 is 0. The fourth-order valence-corrected chi connectivity index (χ4v) is 1.10. The molecule has 0 saturated carbocycles. The molecule has 0 radical (unpaired) electrons. The molecule has 74 valence electrons. The molecule has 0 aliphatic carbocycles. The summed E-state index contributed by atoms with van der Waals surface area (Å²) in [5.74, 6) is 0. The fraction of sp³-hybridized carbons (Fsp3) is 0.571. The lowest BCUT2D eigenvalue weighted by molar-refractivity contribution is -0.142. The number of nitrogens with one attached hydrogen (secondary N) is 1. The normalized spacial score (nSPS) is 12.1. The van der Waals surface area contributed by atoms with E-state index in [0.717, 1.165) is 4.68 Å². The Hall–Kier alpha value is -1.04. The molecule has 0 bridgehead atoms. The Bertz CT molecular complexity index is 290. The van der Waals surface area contributed by atoms with Gasteiger partial charge in [0.15, 0.2) is 5.69 Å². The van der Waals surface area contributed by atoms with Crippen molar-refractivity contribution in [1.29, 1.82) is 0 Å². The van der Waals surface area contributed by atoms with E-state index in [-0.39, 0.29) is 12.1 Å². The van der Waals surface area contributed by atoms with Crippen molar-refractivity contribution in [1.82, 2.24) is 15.1 Å². The zero-order chi connectivity index (χ0) is 10.1. The third-order valence-electron chi connectivity index (χ3n) is 1.54. The predicted octanol–water partition coefficient (Wildman–Crippen LogP) is 1.16. The lowest BCUT2D eigenvalue weighted by Crippen LogP contribution is -2.13. The van der Waals surface area contributed by atoms with Crippen LogP contribution in [-0.2, 0) is 19.8 Å². The molecular formula is C7H10F3N3. The summed E-state index contributed by atoms with van der Waals surface area (Å²) in [5, 5.41) is 6.01. The first-order chi connectivity index (χ1) is 5.95. The Labute approximate surface area is 73.5 Å². The first kappa shape index (κ1) is 10.0. The Balaban J connectivity index is 3.04. The SMILES string of the molecule is CNCc1cn(C)nc1C(F)(F)F. The van der Waals surface area contributed by atoms with E-state index >= 15 is 0 Å². The molecule has 6 heteroatoms. The second kappa shape index (κ2) is 3.37. The summed E-state index contributed by atoms with van der Waals surface area (Å²) < 4.78 is 38.0. The molecule has 1 N–H and O–H groups in total. The molecular weight excluding hydrogens is 183 g/mol. The number of hydrogen-bond acceptors (Lipinski definition) is 2. The van der Waals surface area contributed by atoms with Crippen molar-refractivity contribution in [2.45, 2.75) is 12.7 Å². The highest BCUT2D eigenvalue weighted by Crippen LogP contribution is 2.30. The molecule has 0 fully saturated rings. The maximum Gasteiger partial charge on any atom is 0.435 e. The first-order valence-electron chi connectivity index (χ1n) is 3.69. The molecule has 13 heavy (non-hydrogen) atoms. The van der Waals surface area contributed by atoms with Crippen LogP contribution in [0.1, 0.15) is 11.3 Å². The average molecular weight is 193 g/mol. The molecule has 1 aromatic rings. The summed E-state index contributed by atoms with van der Waals surface area (Å²) in [6.45, 7) is 0.169. The lowest BCUT2D eigenvalue weighted by atomic mass is 10.2. The Morgan fingerprint density at radius 2 is 2.15 bits per heavy atom.